The van der Waals surface area contributed by atoms with E-state index in [1.807, 2.05) is 0 Å². The van der Waals surface area contributed by atoms with Crippen LogP contribution in [0.2, 0.25) is 0 Å². The van der Waals surface area contributed by atoms with Crippen molar-refractivity contribution < 1.29 is 0 Å². The van der Waals surface area contributed by atoms with Crippen molar-refractivity contribution in [2.24, 2.45) is 5.73 Å². The summed E-state index contributed by atoms with van der Waals surface area (Å²) in [6.45, 7) is 5.23. The molecule has 0 radical (unpaired) electrons. The van der Waals surface area contributed by atoms with Crippen molar-refractivity contribution in [2.45, 2.75) is 25.4 Å². The summed E-state index contributed by atoms with van der Waals surface area (Å²) in [4.78, 5) is 4.98. The molecule has 1 saturated heterocycles. The molecule has 1 aliphatic rings. The Morgan fingerprint density at radius 3 is 2.83 bits per heavy atom. The first-order valence-electron chi connectivity index (χ1n) is 6.96. The van der Waals surface area contributed by atoms with Gasteiger partial charge in [-0.2, -0.15) is 0 Å². The minimum absolute atomic E-state index is 0.672. The standard InChI is InChI=1S/C15H25N3/c1-17(11-9-16)15-8-5-10-18(13-15)12-14-6-3-2-4-7-14/h2-4,6-7,15H,5,8-13,16H2,1H3/t15-/m0/s1. The van der Waals surface area contributed by atoms with Crippen LogP contribution in [0.4, 0.5) is 0 Å². The van der Waals surface area contributed by atoms with E-state index in [0.29, 0.717) is 6.04 Å². The fourth-order valence-corrected chi connectivity index (χ4v) is 2.76. The monoisotopic (exact) mass is 247 g/mol. The Kier molecular flexibility index (Phi) is 5.17. The summed E-state index contributed by atoms with van der Waals surface area (Å²) in [7, 11) is 2.20. The third kappa shape index (κ3) is 3.80. The highest BCUT2D eigenvalue weighted by molar-refractivity contribution is 5.14. The first-order valence-corrected chi connectivity index (χ1v) is 6.96. The summed E-state index contributed by atoms with van der Waals surface area (Å²) in [5.41, 5.74) is 7.06. The largest absolute Gasteiger partial charge is 0.329 e. The van der Waals surface area contributed by atoms with E-state index in [1.54, 1.807) is 0 Å². The predicted molar refractivity (Wildman–Crippen MR) is 76.4 cm³/mol. The normalized spacial score (nSPS) is 21.4. The van der Waals surface area contributed by atoms with Gasteiger partial charge < -0.3 is 10.6 Å². The van der Waals surface area contributed by atoms with Crippen LogP contribution in [0.25, 0.3) is 0 Å². The topological polar surface area (TPSA) is 32.5 Å². The Morgan fingerprint density at radius 1 is 1.33 bits per heavy atom. The first-order chi connectivity index (χ1) is 8.79. The molecule has 1 aliphatic heterocycles. The van der Waals surface area contributed by atoms with Crippen LogP contribution in [0.1, 0.15) is 18.4 Å². The zero-order chi connectivity index (χ0) is 12.8. The average molecular weight is 247 g/mol. The van der Waals surface area contributed by atoms with Crippen molar-refractivity contribution in [2.75, 3.05) is 33.2 Å². The zero-order valence-corrected chi connectivity index (χ0v) is 11.4. The predicted octanol–water partition coefficient (Wildman–Crippen LogP) is 1.54. The molecule has 0 unspecified atom stereocenters. The van der Waals surface area contributed by atoms with Crippen molar-refractivity contribution in [3.63, 3.8) is 0 Å². The summed E-state index contributed by atoms with van der Waals surface area (Å²) in [6, 6.07) is 11.4. The van der Waals surface area contributed by atoms with Crippen LogP contribution < -0.4 is 5.73 Å². The summed E-state index contributed by atoms with van der Waals surface area (Å²) >= 11 is 0. The molecule has 100 valence electrons. The van der Waals surface area contributed by atoms with Crippen LogP contribution in [0.5, 0.6) is 0 Å². The summed E-state index contributed by atoms with van der Waals surface area (Å²) in [5.74, 6) is 0. The number of piperidine rings is 1. The molecule has 1 fully saturated rings. The molecule has 0 spiro atoms. The Balaban J connectivity index is 1.87. The van der Waals surface area contributed by atoms with Gasteiger partial charge in [-0.15, -0.1) is 0 Å². The van der Waals surface area contributed by atoms with Gasteiger partial charge in [0.05, 0.1) is 0 Å². The SMILES string of the molecule is CN(CCN)[C@H]1CCCN(Cc2ccccc2)C1. The fraction of sp³-hybridized carbons (Fsp3) is 0.600. The summed E-state index contributed by atoms with van der Waals surface area (Å²) in [6.07, 6.45) is 2.61. The minimum Gasteiger partial charge on any atom is -0.329 e. The lowest BCUT2D eigenvalue weighted by atomic mass is 10.0. The van der Waals surface area contributed by atoms with E-state index in [1.165, 1.54) is 31.5 Å². The Hall–Kier alpha value is -0.900. The van der Waals surface area contributed by atoms with Crippen molar-refractivity contribution >= 4 is 0 Å². The van der Waals surface area contributed by atoms with Crippen LogP contribution in [-0.2, 0) is 6.54 Å². The molecule has 3 nitrogen and oxygen atoms in total. The van der Waals surface area contributed by atoms with Gasteiger partial charge in [-0.1, -0.05) is 30.3 Å². The Labute approximate surface area is 111 Å². The van der Waals surface area contributed by atoms with Crippen LogP contribution in [0.3, 0.4) is 0 Å². The molecule has 2 rings (SSSR count). The third-order valence-electron chi connectivity index (χ3n) is 3.83. The van der Waals surface area contributed by atoms with Gasteiger partial charge in [0.2, 0.25) is 0 Å². The molecule has 1 heterocycles. The van der Waals surface area contributed by atoms with Gasteiger partial charge >= 0.3 is 0 Å². The van der Waals surface area contributed by atoms with Crippen molar-refractivity contribution in [3.8, 4) is 0 Å². The van der Waals surface area contributed by atoms with Gasteiger partial charge in [-0.3, -0.25) is 4.90 Å². The lowest BCUT2D eigenvalue weighted by Gasteiger charge is -2.37. The molecule has 1 aromatic rings. The van der Waals surface area contributed by atoms with Crippen LogP contribution in [0, 0.1) is 0 Å². The number of nitrogens with zero attached hydrogens (tertiary/aromatic N) is 2. The molecule has 0 amide bonds. The number of likely N-dealkylation sites (N-methyl/N-ethyl adjacent to an activating group) is 1. The van der Waals surface area contributed by atoms with Gasteiger partial charge in [-0.05, 0) is 32.0 Å². The molecule has 2 N–H and O–H groups in total. The zero-order valence-electron chi connectivity index (χ0n) is 11.4. The van der Waals surface area contributed by atoms with Crippen LogP contribution in [0.15, 0.2) is 30.3 Å². The minimum atomic E-state index is 0.672. The molecule has 0 aliphatic carbocycles. The molecular formula is C15H25N3. The molecule has 1 aromatic carbocycles. The molecule has 1 atom stereocenters. The summed E-state index contributed by atoms with van der Waals surface area (Å²) in [5, 5.41) is 0. The van der Waals surface area contributed by atoms with Crippen molar-refractivity contribution in [3.05, 3.63) is 35.9 Å². The number of nitrogens with two attached hydrogens (primary N) is 1. The van der Waals surface area contributed by atoms with E-state index in [2.05, 4.69) is 47.2 Å². The van der Waals surface area contributed by atoms with Crippen molar-refractivity contribution in [1.82, 2.24) is 9.80 Å². The molecular weight excluding hydrogens is 222 g/mol. The lowest BCUT2D eigenvalue weighted by Crippen LogP contribution is -2.47. The number of hydrogen-bond donors (Lipinski definition) is 1. The van der Waals surface area contributed by atoms with Crippen LogP contribution in [-0.4, -0.2) is 49.1 Å². The second kappa shape index (κ2) is 6.88. The second-order valence-corrected chi connectivity index (χ2v) is 5.29. The average Bonchev–Trinajstić information content (AvgIpc) is 2.40. The van der Waals surface area contributed by atoms with E-state index in [-0.39, 0.29) is 0 Å². The smallest absolute Gasteiger partial charge is 0.0234 e. The highest BCUT2D eigenvalue weighted by Gasteiger charge is 2.22. The van der Waals surface area contributed by atoms with E-state index in [4.69, 9.17) is 5.73 Å². The van der Waals surface area contributed by atoms with Crippen LogP contribution >= 0.6 is 0 Å². The second-order valence-electron chi connectivity index (χ2n) is 5.29. The van der Waals surface area contributed by atoms with E-state index in [9.17, 15) is 0 Å². The first kappa shape index (κ1) is 13.5. The van der Waals surface area contributed by atoms with E-state index in [0.717, 1.165) is 19.6 Å². The van der Waals surface area contributed by atoms with Gasteiger partial charge in [-0.25, -0.2) is 0 Å². The fourth-order valence-electron chi connectivity index (χ4n) is 2.76. The highest BCUT2D eigenvalue weighted by atomic mass is 15.2. The van der Waals surface area contributed by atoms with Gasteiger partial charge in [0.25, 0.3) is 0 Å². The van der Waals surface area contributed by atoms with E-state index < -0.39 is 0 Å². The maximum Gasteiger partial charge on any atom is 0.0234 e. The van der Waals surface area contributed by atoms with Gasteiger partial charge in [0, 0.05) is 32.2 Å². The number of rotatable bonds is 5. The molecule has 0 bridgehead atoms. The number of benzene rings is 1. The Bertz CT molecular complexity index is 339. The number of hydrogen-bond acceptors (Lipinski definition) is 3. The molecule has 0 aromatic heterocycles. The molecule has 18 heavy (non-hydrogen) atoms. The van der Waals surface area contributed by atoms with Gasteiger partial charge in [0.1, 0.15) is 0 Å². The maximum absolute atomic E-state index is 5.64. The van der Waals surface area contributed by atoms with Gasteiger partial charge in [0.15, 0.2) is 0 Å². The summed E-state index contributed by atoms with van der Waals surface area (Å²) < 4.78 is 0. The third-order valence-corrected chi connectivity index (χ3v) is 3.83. The highest BCUT2D eigenvalue weighted by Crippen LogP contribution is 2.16. The van der Waals surface area contributed by atoms with Crippen molar-refractivity contribution in [1.29, 1.82) is 0 Å². The quantitative estimate of drug-likeness (QED) is 0.856. The Morgan fingerprint density at radius 2 is 2.11 bits per heavy atom. The lowest BCUT2D eigenvalue weighted by molar-refractivity contribution is 0.113. The molecule has 3 heteroatoms. The molecule has 0 saturated carbocycles. The number of likely N-dealkylation sites (tertiary alicyclic amines) is 1. The van der Waals surface area contributed by atoms with E-state index >= 15 is 0 Å². The maximum atomic E-state index is 5.64.